The molecule has 3 nitrogen and oxygen atoms in total. The molecule has 0 amide bonds. The van der Waals surface area contributed by atoms with E-state index in [2.05, 4.69) is 14.9 Å². The number of hydrogen-bond acceptors (Lipinski definition) is 3. The number of benzene rings is 1. The van der Waals surface area contributed by atoms with E-state index >= 15 is 0 Å². The van der Waals surface area contributed by atoms with Crippen molar-refractivity contribution in [2.45, 2.75) is 6.42 Å². The maximum Gasteiger partial charge on any atom is 0.129 e. The lowest BCUT2D eigenvalue weighted by Crippen LogP contribution is -1.96. The fraction of sp³-hybridized carbons (Fsp3) is 0.111. The van der Waals surface area contributed by atoms with Crippen LogP contribution in [0.1, 0.15) is 11.3 Å². The fourth-order valence-corrected chi connectivity index (χ4v) is 1.14. The second-order valence-electron chi connectivity index (χ2n) is 2.78. The highest BCUT2D eigenvalue weighted by Crippen LogP contribution is 2.15. The van der Waals surface area contributed by atoms with Crippen LogP contribution in [0.25, 0.3) is 0 Å². The van der Waals surface area contributed by atoms with Crippen LogP contribution < -0.4 is 0 Å². The molecule has 14 heavy (non-hydrogen) atoms. The Morgan fingerprint density at radius 3 is 2.50 bits per heavy atom. The second-order valence-corrected chi connectivity index (χ2v) is 2.78. The van der Waals surface area contributed by atoms with Crippen LogP contribution in [-0.4, -0.2) is 10.3 Å². The summed E-state index contributed by atoms with van der Waals surface area (Å²) >= 11 is 0. The fourth-order valence-electron chi connectivity index (χ4n) is 1.14. The maximum absolute atomic E-state index is 13.1. The van der Waals surface area contributed by atoms with Crippen LogP contribution in [0.3, 0.4) is 0 Å². The van der Waals surface area contributed by atoms with Gasteiger partial charge in [-0.2, -0.15) is 0 Å². The van der Waals surface area contributed by atoms with E-state index in [0.717, 1.165) is 0 Å². The van der Waals surface area contributed by atoms with Gasteiger partial charge in [0.05, 0.1) is 6.20 Å². The van der Waals surface area contributed by atoms with Crippen LogP contribution in [0.4, 0.5) is 8.78 Å². The van der Waals surface area contributed by atoms with Gasteiger partial charge in [-0.25, -0.2) is 13.4 Å². The van der Waals surface area contributed by atoms with Gasteiger partial charge in [0, 0.05) is 12.0 Å². The molecule has 1 heterocycles. The minimum Gasteiger partial charge on any atom is -0.244 e. The summed E-state index contributed by atoms with van der Waals surface area (Å²) in [5, 5.41) is 6.82. The van der Waals surface area contributed by atoms with E-state index in [1.54, 1.807) is 0 Å². The van der Waals surface area contributed by atoms with E-state index in [1.807, 2.05) is 0 Å². The molecular weight excluding hydrogens is 190 g/mol. The van der Waals surface area contributed by atoms with E-state index in [4.69, 9.17) is 0 Å². The predicted molar refractivity (Wildman–Crippen MR) is 43.5 cm³/mol. The van der Waals surface area contributed by atoms with Crippen molar-refractivity contribution in [2.75, 3.05) is 0 Å². The summed E-state index contributed by atoms with van der Waals surface area (Å²) in [5.41, 5.74) is 0.372. The highest BCUT2D eigenvalue weighted by Gasteiger charge is 2.10. The van der Waals surface area contributed by atoms with E-state index in [1.165, 1.54) is 24.4 Å². The Balaban J connectivity index is 2.33. The van der Waals surface area contributed by atoms with Gasteiger partial charge in [0.15, 0.2) is 0 Å². The van der Waals surface area contributed by atoms with Crippen molar-refractivity contribution in [1.29, 1.82) is 0 Å². The Labute approximate surface area is 78.3 Å². The molecule has 0 N–H and O–H groups in total. The van der Waals surface area contributed by atoms with Gasteiger partial charge in [-0.15, -0.1) is 0 Å². The Morgan fingerprint density at radius 2 is 1.93 bits per heavy atom. The first kappa shape index (κ1) is 8.80. The highest BCUT2D eigenvalue weighted by molar-refractivity contribution is 5.23. The largest absolute Gasteiger partial charge is 0.244 e. The van der Waals surface area contributed by atoms with Crippen molar-refractivity contribution < 1.29 is 13.4 Å². The topological polar surface area (TPSA) is 38.9 Å². The van der Waals surface area contributed by atoms with Crippen LogP contribution in [0.5, 0.6) is 0 Å². The van der Waals surface area contributed by atoms with Gasteiger partial charge in [0.2, 0.25) is 0 Å². The normalized spacial score (nSPS) is 10.4. The standard InChI is InChI=1S/C9H6F2N2O/c10-8-2-1-3-9(11)7(8)4-6-5-12-14-13-6/h1-3,5H,4H2. The minimum atomic E-state index is -0.590. The molecule has 2 aromatic rings. The molecule has 0 aliphatic heterocycles. The molecule has 0 radical (unpaired) electrons. The predicted octanol–water partition coefficient (Wildman–Crippen LogP) is 1.94. The summed E-state index contributed by atoms with van der Waals surface area (Å²) < 4.78 is 30.6. The number of hydrogen-bond donors (Lipinski definition) is 0. The summed E-state index contributed by atoms with van der Waals surface area (Å²) in [5.74, 6) is -1.18. The third kappa shape index (κ3) is 1.61. The summed E-state index contributed by atoms with van der Waals surface area (Å²) in [6.07, 6.45) is 1.37. The minimum absolute atomic E-state index is 0.0248. The van der Waals surface area contributed by atoms with Crippen molar-refractivity contribution >= 4 is 0 Å². The molecule has 5 heteroatoms. The van der Waals surface area contributed by atoms with Gasteiger partial charge in [-0.3, -0.25) is 0 Å². The van der Waals surface area contributed by atoms with E-state index in [9.17, 15) is 8.78 Å². The summed E-state index contributed by atoms with van der Waals surface area (Å²) in [6.45, 7) is 0. The lowest BCUT2D eigenvalue weighted by molar-refractivity contribution is 0.303. The van der Waals surface area contributed by atoms with Crippen LogP contribution in [0.15, 0.2) is 29.0 Å². The third-order valence-corrected chi connectivity index (χ3v) is 1.83. The van der Waals surface area contributed by atoms with Crippen molar-refractivity contribution in [3.8, 4) is 0 Å². The first-order valence-corrected chi connectivity index (χ1v) is 3.96. The van der Waals surface area contributed by atoms with Crippen molar-refractivity contribution in [3.63, 3.8) is 0 Å². The van der Waals surface area contributed by atoms with Crippen molar-refractivity contribution in [2.24, 2.45) is 0 Å². The van der Waals surface area contributed by atoms with Crippen molar-refractivity contribution in [3.05, 3.63) is 47.3 Å². The first-order chi connectivity index (χ1) is 6.77. The first-order valence-electron chi connectivity index (χ1n) is 3.96. The van der Waals surface area contributed by atoms with Crippen LogP contribution in [0, 0.1) is 11.6 Å². The molecule has 0 fully saturated rings. The Morgan fingerprint density at radius 1 is 1.21 bits per heavy atom. The van der Waals surface area contributed by atoms with Gasteiger partial charge in [-0.1, -0.05) is 16.4 Å². The van der Waals surface area contributed by atoms with Crippen LogP contribution >= 0.6 is 0 Å². The molecule has 1 aromatic heterocycles. The maximum atomic E-state index is 13.1. The van der Waals surface area contributed by atoms with Crippen LogP contribution in [0.2, 0.25) is 0 Å². The van der Waals surface area contributed by atoms with E-state index < -0.39 is 11.6 Å². The molecule has 0 spiro atoms. The van der Waals surface area contributed by atoms with E-state index in [0.29, 0.717) is 5.69 Å². The number of aromatic nitrogens is 2. The molecule has 0 bridgehead atoms. The monoisotopic (exact) mass is 196 g/mol. The molecule has 72 valence electrons. The molecule has 0 saturated heterocycles. The highest BCUT2D eigenvalue weighted by atomic mass is 19.1. The van der Waals surface area contributed by atoms with Crippen molar-refractivity contribution in [1.82, 2.24) is 10.3 Å². The zero-order valence-electron chi connectivity index (χ0n) is 7.08. The number of halogens is 2. The molecule has 0 saturated carbocycles. The molecule has 2 rings (SSSR count). The zero-order chi connectivity index (χ0) is 9.97. The average Bonchev–Trinajstić information content (AvgIpc) is 2.64. The molecule has 0 aliphatic rings. The second kappa shape index (κ2) is 3.53. The molecule has 0 atom stereocenters. The number of rotatable bonds is 2. The molecular formula is C9H6F2N2O. The summed E-state index contributed by atoms with van der Waals surface area (Å²) in [7, 11) is 0. The van der Waals surface area contributed by atoms with E-state index in [-0.39, 0.29) is 12.0 Å². The number of nitrogens with zero attached hydrogens (tertiary/aromatic N) is 2. The average molecular weight is 196 g/mol. The van der Waals surface area contributed by atoms with Gasteiger partial charge in [0.1, 0.15) is 17.3 Å². The Hall–Kier alpha value is -1.78. The molecule has 0 unspecified atom stereocenters. The smallest absolute Gasteiger partial charge is 0.129 e. The SMILES string of the molecule is Fc1cccc(F)c1Cc1cnon1. The quantitative estimate of drug-likeness (QED) is 0.736. The lowest BCUT2D eigenvalue weighted by atomic mass is 10.1. The van der Waals surface area contributed by atoms with Crippen LogP contribution in [-0.2, 0) is 6.42 Å². The zero-order valence-corrected chi connectivity index (χ0v) is 7.08. The van der Waals surface area contributed by atoms with Gasteiger partial charge >= 0.3 is 0 Å². The summed E-state index contributed by atoms with van der Waals surface area (Å²) in [4.78, 5) is 0. The van der Waals surface area contributed by atoms with Gasteiger partial charge < -0.3 is 0 Å². The lowest BCUT2D eigenvalue weighted by Gasteiger charge is -2.00. The van der Waals surface area contributed by atoms with Gasteiger partial charge in [-0.05, 0) is 12.1 Å². The van der Waals surface area contributed by atoms with Gasteiger partial charge in [0.25, 0.3) is 0 Å². The third-order valence-electron chi connectivity index (χ3n) is 1.83. The summed E-state index contributed by atoms with van der Waals surface area (Å²) in [6, 6.07) is 3.72. The molecule has 0 aliphatic carbocycles. The Kier molecular flexibility index (Phi) is 2.22. The molecule has 1 aromatic carbocycles. The Bertz CT molecular complexity index is 408.